The van der Waals surface area contributed by atoms with Gasteiger partial charge in [0.1, 0.15) is 11.5 Å². The van der Waals surface area contributed by atoms with Crippen molar-refractivity contribution in [1.82, 2.24) is 0 Å². The van der Waals surface area contributed by atoms with Crippen LogP contribution in [-0.4, -0.2) is 25.5 Å². The molecule has 1 aliphatic rings. The number of ketones is 1. The maximum absolute atomic E-state index is 12.5. The lowest BCUT2D eigenvalue weighted by atomic mass is 10.1. The zero-order valence-electron chi connectivity index (χ0n) is 14.3. The lowest BCUT2D eigenvalue weighted by Gasteiger charge is -2.09. The Hall–Kier alpha value is -3.08. The third-order valence-corrected chi connectivity index (χ3v) is 3.97. The third-order valence-electron chi connectivity index (χ3n) is 3.97. The van der Waals surface area contributed by atoms with Gasteiger partial charge in [-0.25, -0.2) is 4.79 Å². The number of rotatable bonds is 4. The number of allylic oxidation sites excluding steroid dienone is 1. The molecule has 0 saturated carbocycles. The van der Waals surface area contributed by atoms with E-state index in [1.807, 2.05) is 13.8 Å². The van der Waals surface area contributed by atoms with E-state index in [4.69, 9.17) is 9.47 Å². The SMILES string of the molecule is CCOc1ccc2c(c1C)O/C(=C\c1ccc(C(=O)OC)cc1)C2=O. The van der Waals surface area contributed by atoms with Crippen LogP contribution in [0.3, 0.4) is 0 Å². The molecular formula is C20H18O5. The maximum atomic E-state index is 12.5. The maximum Gasteiger partial charge on any atom is 0.337 e. The van der Waals surface area contributed by atoms with Crippen LogP contribution in [0.25, 0.3) is 6.08 Å². The number of esters is 1. The monoisotopic (exact) mass is 338 g/mol. The van der Waals surface area contributed by atoms with E-state index in [0.29, 0.717) is 29.2 Å². The number of benzene rings is 2. The molecule has 0 amide bonds. The summed E-state index contributed by atoms with van der Waals surface area (Å²) < 4.78 is 16.0. The van der Waals surface area contributed by atoms with Gasteiger partial charge in [-0.2, -0.15) is 0 Å². The number of hydrogen-bond acceptors (Lipinski definition) is 5. The molecule has 0 spiro atoms. The van der Waals surface area contributed by atoms with Crippen LogP contribution in [0.4, 0.5) is 0 Å². The van der Waals surface area contributed by atoms with Crippen LogP contribution in [-0.2, 0) is 4.74 Å². The fraction of sp³-hybridized carbons (Fsp3) is 0.200. The first-order chi connectivity index (χ1) is 12.0. The highest BCUT2D eigenvalue weighted by molar-refractivity contribution is 6.15. The van der Waals surface area contributed by atoms with E-state index in [2.05, 4.69) is 4.74 Å². The molecule has 0 aromatic heterocycles. The highest BCUT2D eigenvalue weighted by Crippen LogP contribution is 2.39. The molecule has 0 radical (unpaired) electrons. The molecular weight excluding hydrogens is 320 g/mol. The molecule has 0 saturated heterocycles. The molecule has 128 valence electrons. The van der Waals surface area contributed by atoms with Crippen LogP contribution in [0.15, 0.2) is 42.2 Å². The zero-order valence-corrected chi connectivity index (χ0v) is 14.3. The van der Waals surface area contributed by atoms with Crippen molar-refractivity contribution in [1.29, 1.82) is 0 Å². The van der Waals surface area contributed by atoms with Gasteiger partial charge in [-0.05, 0) is 49.8 Å². The first-order valence-corrected chi connectivity index (χ1v) is 7.94. The van der Waals surface area contributed by atoms with Gasteiger partial charge >= 0.3 is 5.97 Å². The van der Waals surface area contributed by atoms with Gasteiger partial charge in [-0.3, -0.25) is 4.79 Å². The number of hydrogen-bond donors (Lipinski definition) is 0. The number of carbonyl (C=O) groups is 2. The summed E-state index contributed by atoms with van der Waals surface area (Å²) in [7, 11) is 1.33. The van der Waals surface area contributed by atoms with Gasteiger partial charge in [-0.1, -0.05) is 12.1 Å². The molecule has 0 bridgehead atoms. The Morgan fingerprint density at radius 2 is 1.88 bits per heavy atom. The topological polar surface area (TPSA) is 61.8 Å². The molecule has 1 heterocycles. The average Bonchev–Trinajstić information content (AvgIpc) is 2.94. The number of carbonyl (C=O) groups excluding carboxylic acids is 2. The van der Waals surface area contributed by atoms with E-state index in [1.54, 1.807) is 42.5 Å². The standard InChI is InChI=1S/C20H18O5/c1-4-24-16-10-9-15-18(21)17(25-19(15)12(16)2)11-13-5-7-14(8-6-13)20(22)23-3/h5-11H,4H2,1-3H3/b17-11-. The van der Waals surface area contributed by atoms with Crippen LogP contribution in [0.2, 0.25) is 0 Å². The minimum Gasteiger partial charge on any atom is -0.493 e. The summed E-state index contributed by atoms with van der Waals surface area (Å²) in [4.78, 5) is 24.0. The van der Waals surface area contributed by atoms with Crippen molar-refractivity contribution in [2.24, 2.45) is 0 Å². The second kappa shape index (κ2) is 6.81. The molecule has 25 heavy (non-hydrogen) atoms. The Labute approximate surface area is 145 Å². The predicted molar refractivity (Wildman–Crippen MR) is 93.1 cm³/mol. The molecule has 5 nitrogen and oxygen atoms in total. The molecule has 3 rings (SSSR count). The lowest BCUT2D eigenvalue weighted by molar-refractivity contribution is 0.0600. The van der Waals surface area contributed by atoms with Gasteiger partial charge in [0.15, 0.2) is 5.76 Å². The highest BCUT2D eigenvalue weighted by atomic mass is 16.5. The second-order valence-corrected chi connectivity index (χ2v) is 5.55. The van der Waals surface area contributed by atoms with E-state index in [9.17, 15) is 9.59 Å². The molecule has 1 aliphatic heterocycles. The van der Waals surface area contributed by atoms with Gasteiger partial charge in [0.2, 0.25) is 5.78 Å². The molecule has 0 unspecified atom stereocenters. The summed E-state index contributed by atoms with van der Waals surface area (Å²) in [5.74, 6) is 0.917. The van der Waals surface area contributed by atoms with Gasteiger partial charge in [0, 0.05) is 5.56 Å². The van der Waals surface area contributed by atoms with Gasteiger partial charge in [0.05, 0.1) is 24.8 Å². The number of ether oxygens (including phenoxy) is 3. The summed E-state index contributed by atoms with van der Waals surface area (Å²) in [6.45, 7) is 4.32. The second-order valence-electron chi connectivity index (χ2n) is 5.55. The van der Waals surface area contributed by atoms with Gasteiger partial charge in [-0.15, -0.1) is 0 Å². The van der Waals surface area contributed by atoms with Crippen molar-refractivity contribution in [3.05, 3.63) is 64.4 Å². The molecule has 5 heteroatoms. The third kappa shape index (κ3) is 3.13. The summed E-state index contributed by atoms with van der Waals surface area (Å²) in [6, 6.07) is 10.3. The van der Waals surface area contributed by atoms with E-state index in [0.717, 1.165) is 11.1 Å². The summed E-state index contributed by atoms with van der Waals surface area (Å²) in [6.07, 6.45) is 1.66. The number of methoxy groups -OCH3 is 1. The molecule has 0 atom stereocenters. The van der Waals surface area contributed by atoms with Crippen LogP contribution < -0.4 is 9.47 Å². The summed E-state index contributed by atoms with van der Waals surface area (Å²) >= 11 is 0. The molecule has 2 aromatic carbocycles. The normalized spacial score (nSPS) is 14.2. The van der Waals surface area contributed by atoms with Gasteiger partial charge < -0.3 is 14.2 Å². The average molecular weight is 338 g/mol. The van der Waals surface area contributed by atoms with E-state index < -0.39 is 5.97 Å². The van der Waals surface area contributed by atoms with Crippen LogP contribution in [0.5, 0.6) is 11.5 Å². The Morgan fingerprint density at radius 3 is 2.52 bits per heavy atom. The first-order valence-electron chi connectivity index (χ1n) is 7.94. The molecule has 0 fully saturated rings. The smallest absolute Gasteiger partial charge is 0.337 e. The van der Waals surface area contributed by atoms with E-state index in [1.165, 1.54) is 7.11 Å². The number of Topliss-reactive ketones (excluding diaryl/α,β-unsaturated/α-hetero) is 1. The van der Waals surface area contributed by atoms with Crippen molar-refractivity contribution in [3.63, 3.8) is 0 Å². The van der Waals surface area contributed by atoms with E-state index in [-0.39, 0.29) is 11.5 Å². The number of fused-ring (bicyclic) bond motifs is 1. The van der Waals surface area contributed by atoms with E-state index >= 15 is 0 Å². The molecule has 2 aromatic rings. The molecule has 0 N–H and O–H groups in total. The van der Waals surface area contributed by atoms with Crippen molar-refractivity contribution < 1.29 is 23.8 Å². The minimum absolute atomic E-state index is 0.168. The van der Waals surface area contributed by atoms with Crippen molar-refractivity contribution in [3.8, 4) is 11.5 Å². The highest BCUT2D eigenvalue weighted by Gasteiger charge is 2.30. The fourth-order valence-corrected chi connectivity index (χ4v) is 2.66. The van der Waals surface area contributed by atoms with Crippen LogP contribution in [0.1, 0.15) is 38.8 Å². The van der Waals surface area contributed by atoms with Crippen molar-refractivity contribution in [2.45, 2.75) is 13.8 Å². The largest absolute Gasteiger partial charge is 0.493 e. The predicted octanol–water partition coefficient (Wildman–Crippen LogP) is 3.80. The lowest BCUT2D eigenvalue weighted by Crippen LogP contribution is -2.01. The Bertz CT molecular complexity index is 862. The zero-order chi connectivity index (χ0) is 18.0. The minimum atomic E-state index is -0.404. The van der Waals surface area contributed by atoms with Crippen LogP contribution in [0, 0.1) is 6.92 Å². The fourth-order valence-electron chi connectivity index (χ4n) is 2.66. The van der Waals surface area contributed by atoms with Gasteiger partial charge in [0.25, 0.3) is 0 Å². The first kappa shape index (κ1) is 16.8. The Morgan fingerprint density at radius 1 is 1.16 bits per heavy atom. The Kier molecular flexibility index (Phi) is 4.57. The summed E-state index contributed by atoms with van der Waals surface area (Å²) in [5.41, 5.74) is 2.53. The van der Waals surface area contributed by atoms with Crippen molar-refractivity contribution in [2.75, 3.05) is 13.7 Å². The summed E-state index contributed by atoms with van der Waals surface area (Å²) in [5, 5.41) is 0. The van der Waals surface area contributed by atoms with Crippen molar-refractivity contribution >= 4 is 17.8 Å². The quantitative estimate of drug-likeness (QED) is 0.627. The van der Waals surface area contributed by atoms with Crippen LogP contribution >= 0.6 is 0 Å². The molecule has 0 aliphatic carbocycles. The Balaban J connectivity index is 1.89.